The Hall–Kier alpha value is -8.37. The highest BCUT2D eigenvalue weighted by molar-refractivity contribution is 7.19. The molecule has 0 unspecified atom stereocenters. The average Bonchev–Trinajstić information content (AvgIpc) is 3.89. The molecule has 1 spiro atoms. The van der Waals surface area contributed by atoms with E-state index >= 15 is 0 Å². The predicted molar refractivity (Wildman–Crippen MR) is 262 cm³/mol. The van der Waals surface area contributed by atoms with Crippen molar-refractivity contribution in [2.45, 2.75) is 59.5 Å². The summed E-state index contributed by atoms with van der Waals surface area (Å²) < 4.78 is 18.5. The van der Waals surface area contributed by atoms with E-state index in [1.165, 1.54) is 40.1 Å². The number of nitrogens with one attached hydrogen (secondary N) is 2. The zero-order valence-electron chi connectivity index (χ0n) is 40.3. The van der Waals surface area contributed by atoms with E-state index in [2.05, 4.69) is 15.6 Å². The Bertz CT molecular complexity index is 3200. The van der Waals surface area contributed by atoms with Crippen LogP contribution in [0.25, 0.3) is 10.2 Å². The maximum Gasteiger partial charge on any atom is 0.415 e. The van der Waals surface area contributed by atoms with Crippen LogP contribution < -0.4 is 20.1 Å². The highest BCUT2D eigenvalue weighted by atomic mass is 32.1. The van der Waals surface area contributed by atoms with Gasteiger partial charge in [0.05, 0.1) is 15.8 Å². The molecule has 0 fully saturated rings. The minimum absolute atomic E-state index is 0.00971. The number of ketones is 2. The molecule has 3 aliphatic rings. The molecule has 0 saturated carbocycles. The fourth-order valence-electron chi connectivity index (χ4n) is 9.23. The number of hydrogen-bond acceptors (Lipinski definition) is 15. The minimum atomic E-state index is -1.49. The fraction of sp³-hybridized carbons (Fsp3) is 0.302. The number of hydrogen-bond donors (Lipinski definition) is 4. The van der Waals surface area contributed by atoms with Crippen molar-refractivity contribution in [3.8, 4) is 34.8 Å². The van der Waals surface area contributed by atoms with Crippen molar-refractivity contribution in [2.75, 3.05) is 39.8 Å². The maximum absolute atomic E-state index is 13.7. The van der Waals surface area contributed by atoms with Gasteiger partial charge in [-0.1, -0.05) is 19.9 Å². The number of benzene rings is 4. The van der Waals surface area contributed by atoms with Crippen LogP contribution in [0.1, 0.15) is 96.3 Å². The number of nitriles is 1. The summed E-state index contributed by atoms with van der Waals surface area (Å²) in [5, 5.41) is 35.5. The van der Waals surface area contributed by atoms with E-state index in [1.54, 1.807) is 84.1 Å². The number of amides is 4. The lowest BCUT2D eigenvalue weighted by molar-refractivity contribution is -0.132. The van der Waals surface area contributed by atoms with Crippen LogP contribution in [0.5, 0.6) is 28.7 Å². The molecule has 4 aromatic carbocycles. The third-order valence-corrected chi connectivity index (χ3v) is 14.0. The van der Waals surface area contributed by atoms with Crippen molar-refractivity contribution in [3.05, 3.63) is 128 Å². The van der Waals surface area contributed by atoms with Crippen LogP contribution in [0.15, 0.2) is 95.1 Å². The monoisotopic (exact) mass is 994 g/mol. The number of ether oxygens (including phenoxy) is 3. The van der Waals surface area contributed by atoms with Gasteiger partial charge in [0.25, 0.3) is 5.91 Å². The van der Waals surface area contributed by atoms with Crippen LogP contribution in [0.4, 0.5) is 4.79 Å². The molecule has 3 heterocycles. The van der Waals surface area contributed by atoms with Crippen LogP contribution in [-0.2, 0) is 29.5 Å². The number of phenolic OH excluding ortho intramolecular Hbond substituents is 2. The SMILES string of the molecule is CC1=C(C)C(=O)C(C(C)(C)CC(=O)N(C)CCN(CCCC(=O)NCCNC(=O)c2ccc3c(c2)C(=O)OC32c3ccc(O)cc3Oc3cc(O)ccc32)C(=O)Oc2ccc3nc(C#N)sc3c2)=C(C)C1=O. The summed E-state index contributed by atoms with van der Waals surface area (Å²) >= 11 is 1.14. The molecule has 19 heteroatoms. The molecular weight excluding hydrogens is 945 g/mol. The van der Waals surface area contributed by atoms with Gasteiger partial charge in [-0.3, -0.25) is 24.0 Å². The number of likely N-dealkylation sites (N-methyl/N-ethyl adjacent to an activating group) is 1. The zero-order valence-corrected chi connectivity index (χ0v) is 41.1. The highest BCUT2D eigenvalue weighted by Gasteiger charge is 2.54. The number of thiazole rings is 1. The van der Waals surface area contributed by atoms with E-state index in [9.17, 15) is 49.0 Å². The second kappa shape index (κ2) is 19.8. The lowest BCUT2D eigenvalue weighted by atomic mass is 9.71. The number of esters is 1. The molecule has 1 aromatic heterocycles. The number of Topliss-reactive ketones (excluding diaryl/α,β-unsaturated/α-hetero) is 2. The number of phenols is 2. The van der Waals surface area contributed by atoms with Gasteiger partial charge in [-0.15, -0.1) is 11.3 Å². The normalized spacial score (nSPS) is 14.5. The first-order valence-electron chi connectivity index (χ1n) is 23.0. The smallest absolute Gasteiger partial charge is 0.415 e. The molecule has 72 heavy (non-hydrogen) atoms. The van der Waals surface area contributed by atoms with Gasteiger partial charge < -0.3 is 44.9 Å². The molecule has 1 aliphatic carbocycles. The minimum Gasteiger partial charge on any atom is -0.508 e. The number of aromatic nitrogens is 1. The van der Waals surface area contributed by atoms with Crippen molar-refractivity contribution >= 4 is 62.9 Å². The third kappa shape index (κ3) is 9.60. The molecule has 4 amide bonds. The molecule has 2 aliphatic heterocycles. The van der Waals surface area contributed by atoms with Gasteiger partial charge in [-0.05, 0) is 75.7 Å². The first-order valence-corrected chi connectivity index (χ1v) is 23.8. The van der Waals surface area contributed by atoms with E-state index in [4.69, 9.17) is 14.2 Å². The predicted octanol–water partition coefficient (Wildman–Crippen LogP) is 6.95. The van der Waals surface area contributed by atoms with E-state index in [0.717, 1.165) is 11.3 Å². The Kier molecular flexibility index (Phi) is 13.8. The van der Waals surface area contributed by atoms with Gasteiger partial charge in [-0.2, -0.15) is 5.26 Å². The van der Waals surface area contributed by atoms with E-state index < -0.39 is 29.0 Å². The van der Waals surface area contributed by atoms with Crippen molar-refractivity contribution in [1.82, 2.24) is 25.4 Å². The van der Waals surface area contributed by atoms with Gasteiger partial charge in [0.2, 0.25) is 11.8 Å². The number of carbonyl (C=O) groups is 7. The van der Waals surface area contributed by atoms with E-state index in [0.29, 0.717) is 49.2 Å². The third-order valence-electron chi connectivity index (χ3n) is 13.1. The first-order chi connectivity index (χ1) is 34.2. The Morgan fingerprint density at radius 3 is 2.15 bits per heavy atom. The van der Waals surface area contributed by atoms with Gasteiger partial charge in [0.1, 0.15) is 34.8 Å². The number of allylic oxidation sites excluding steroid dienone is 4. The Labute approximate surface area is 417 Å². The number of aromatic hydroxyl groups is 2. The van der Waals surface area contributed by atoms with E-state index in [-0.39, 0.29) is 120 Å². The molecule has 370 valence electrons. The van der Waals surface area contributed by atoms with Crippen LogP contribution in [0, 0.1) is 16.7 Å². The van der Waals surface area contributed by atoms with Gasteiger partial charge >= 0.3 is 12.1 Å². The van der Waals surface area contributed by atoms with Crippen molar-refractivity contribution < 1.29 is 58.0 Å². The summed E-state index contributed by atoms with van der Waals surface area (Å²) in [6.45, 7) is 8.54. The second-order valence-electron chi connectivity index (χ2n) is 18.4. The Morgan fingerprint density at radius 1 is 0.819 bits per heavy atom. The Morgan fingerprint density at radius 2 is 1.47 bits per heavy atom. The topological polar surface area (TPSA) is 255 Å². The van der Waals surface area contributed by atoms with Crippen LogP contribution in [-0.4, -0.2) is 106 Å². The molecule has 0 atom stereocenters. The average molecular weight is 995 g/mol. The molecule has 5 aromatic rings. The highest BCUT2D eigenvalue weighted by Crippen LogP contribution is 2.57. The summed E-state index contributed by atoms with van der Waals surface area (Å²) in [4.78, 5) is 101. The van der Waals surface area contributed by atoms with Gasteiger partial charge in [0.15, 0.2) is 22.2 Å². The molecular formula is C53H50N6O12S. The zero-order chi connectivity index (χ0) is 51.8. The summed E-state index contributed by atoms with van der Waals surface area (Å²) in [7, 11) is 1.57. The molecule has 0 bridgehead atoms. The van der Waals surface area contributed by atoms with Crippen LogP contribution >= 0.6 is 11.3 Å². The molecule has 0 saturated heterocycles. The lowest BCUT2D eigenvalue weighted by Gasteiger charge is -2.36. The van der Waals surface area contributed by atoms with Crippen LogP contribution in [0.3, 0.4) is 0 Å². The summed E-state index contributed by atoms with van der Waals surface area (Å²) in [6.07, 6.45) is -0.643. The fourth-order valence-corrected chi connectivity index (χ4v) is 10.0. The van der Waals surface area contributed by atoms with Gasteiger partial charge in [0, 0.05) is 121 Å². The van der Waals surface area contributed by atoms with Crippen molar-refractivity contribution in [1.29, 1.82) is 5.26 Å². The van der Waals surface area contributed by atoms with E-state index in [1.807, 2.05) is 6.07 Å². The summed E-state index contributed by atoms with van der Waals surface area (Å²) in [5.41, 5.74) is 1.05. The first kappa shape index (κ1) is 50.0. The maximum atomic E-state index is 13.7. The standard InChI is InChI=1S/C53H50N6O12S/c1-28-29(2)48(65)46(30(3)47(28)64)52(4,5)26-45(63)58(6)20-21-59(51(68)69-34-12-16-39-42(25-34)72-44(27-54)57-39)19-7-8-43(62)55-17-18-56-49(66)31-9-13-36-35(22-31)50(67)71-53(36)37-14-10-32(60)23-40(37)70-41-24-33(61)11-15-38(41)53/h9-16,22-25,60-61H,7-8,17-21,26H2,1-6H3,(H,55,62)(H,56,66). The van der Waals surface area contributed by atoms with Crippen molar-refractivity contribution in [3.63, 3.8) is 0 Å². The van der Waals surface area contributed by atoms with Crippen LogP contribution in [0.2, 0.25) is 0 Å². The molecule has 18 nitrogen and oxygen atoms in total. The number of rotatable bonds is 15. The molecule has 8 rings (SSSR count). The number of nitrogens with zero attached hydrogens (tertiary/aromatic N) is 4. The Balaban J connectivity index is 0.869. The molecule has 4 N–H and O–H groups in total. The second-order valence-corrected chi connectivity index (χ2v) is 19.4. The quantitative estimate of drug-likeness (QED) is 0.0470. The summed E-state index contributed by atoms with van der Waals surface area (Å²) in [6, 6.07) is 20.2. The lowest BCUT2D eigenvalue weighted by Crippen LogP contribution is -2.42. The van der Waals surface area contributed by atoms with Gasteiger partial charge in [-0.25, -0.2) is 14.6 Å². The molecule has 0 radical (unpaired) electrons. The van der Waals surface area contributed by atoms with Crippen molar-refractivity contribution in [2.24, 2.45) is 5.41 Å². The summed E-state index contributed by atoms with van der Waals surface area (Å²) in [5.74, 6) is -1.92. The number of carbonyl (C=O) groups excluding carboxylic acids is 7. The largest absolute Gasteiger partial charge is 0.508 e. The number of fused-ring (bicyclic) bond motifs is 7.